The first-order valence-corrected chi connectivity index (χ1v) is 11.1. The van der Waals surface area contributed by atoms with E-state index in [4.69, 9.17) is 0 Å². The third-order valence-electron chi connectivity index (χ3n) is 5.09. The first kappa shape index (κ1) is 19.9. The van der Waals surface area contributed by atoms with Gasteiger partial charge in [0.15, 0.2) is 0 Å². The van der Waals surface area contributed by atoms with Crippen molar-refractivity contribution >= 4 is 26.6 Å². The summed E-state index contributed by atoms with van der Waals surface area (Å²) in [5, 5.41) is 0.611. The van der Waals surface area contributed by atoms with Crippen LogP contribution in [-0.2, 0) is 27.7 Å². The molecule has 1 heterocycles. The van der Waals surface area contributed by atoms with Crippen LogP contribution < -0.4 is 0 Å². The largest absolute Gasteiger partial charge is 0.340 e. The zero-order chi connectivity index (χ0) is 21.1. The monoisotopic (exact) mass is 418 g/mol. The van der Waals surface area contributed by atoms with Crippen molar-refractivity contribution in [3.8, 4) is 0 Å². The predicted octanol–water partition coefficient (Wildman–Crippen LogP) is 4.13. The molecule has 5 nitrogen and oxygen atoms in total. The molecular formula is C24H22N2O3S. The molecule has 152 valence electrons. The zero-order valence-electron chi connectivity index (χ0n) is 16.6. The molecule has 6 heteroatoms. The molecule has 1 aromatic heterocycles. The number of para-hydroxylation sites is 1. The molecule has 0 N–H and O–H groups in total. The lowest BCUT2D eigenvalue weighted by molar-refractivity contribution is -0.131. The van der Waals surface area contributed by atoms with Gasteiger partial charge in [-0.3, -0.25) is 4.79 Å². The van der Waals surface area contributed by atoms with Crippen LogP contribution in [0.2, 0.25) is 0 Å². The number of aromatic nitrogens is 1. The second-order valence-corrected chi connectivity index (χ2v) is 9.11. The molecule has 4 aromatic rings. The van der Waals surface area contributed by atoms with Crippen LogP contribution >= 0.6 is 0 Å². The lowest BCUT2D eigenvalue weighted by Crippen LogP contribution is -2.29. The average molecular weight is 419 g/mol. The average Bonchev–Trinajstić information content (AvgIpc) is 3.14. The minimum atomic E-state index is -3.70. The fraction of sp³-hybridized carbons (Fsp3) is 0.125. The third kappa shape index (κ3) is 3.86. The van der Waals surface area contributed by atoms with Crippen molar-refractivity contribution in [2.24, 2.45) is 0 Å². The molecule has 0 unspecified atom stereocenters. The molecule has 0 aliphatic carbocycles. The van der Waals surface area contributed by atoms with E-state index in [2.05, 4.69) is 0 Å². The summed E-state index contributed by atoms with van der Waals surface area (Å²) in [5.41, 5.74) is 1.76. The summed E-state index contributed by atoms with van der Waals surface area (Å²) in [7, 11) is -1.94. The smallest absolute Gasteiger partial charge is 0.242 e. The highest BCUT2D eigenvalue weighted by Gasteiger charge is 2.24. The van der Waals surface area contributed by atoms with Crippen LogP contribution in [0.1, 0.15) is 5.56 Å². The highest BCUT2D eigenvalue weighted by atomic mass is 32.2. The number of hydrogen-bond donors (Lipinski definition) is 0. The number of amides is 1. The van der Waals surface area contributed by atoms with Crippen LogP contribution in [-0.4, -0.2) is 30.8 Å². The van der Waals surface area contributed by atoms with Crippen LogP contribution in [0.25, 0.3) is 10.9 Å². The quantitative estimate of drug-likeness (QED) is 0.473. The second-order valence-electron chi connectivity index (χ2n) is 7.19. The van der Waals surface area contributed by atoms with Crippen LogP contribution in [0.5, 0.6) is 0 Å². The molecule has 1 amide bonds. The Bertz CT molecular complexity index is 1280. The normalized spacial score (nSPS) is 11.5. The van der Waals surface area contributed by atoms with Gasteiger partial charge in [-0.2, -0.15) is 0 Å². The van der Waals surface area contributed by atoms with E-state index in [9.17, 15) is 13.2 Å². The van der Waals surface area contributed by atoms with Crippen molar-refractivity contribution in [3.05, 3.63) is 96.7 Å². The van der Waals surface area contributed by atoms with E-state index in [0.29, 0.717) is 17.4 Å². The first-order chi connectivity index (χ1) is 14.5. The van der Waals surface area contributed by atoms with Gasteiger partial charge in [0.2, 0.25) is 15.7 Å². The Labute approximate surface area is 176 Å². The number of rotatable bonds is 6. The Morgan fingerprint density at radius 2 is 1.47 bits per heavy atom. The Hall–Kier alpha value is -3.38. The molecule has 30 heavy (non-hydrogen) atoms. The minimum Gasteiger partial charge on any atom is -0.340 e. The predicted molar refractivity (Wildman–Crippen MR) is 117 cm³/mol. The summed E-state index contributed by atoms with van der Waals surface area (Å²) in [6.07, 6.45) is 1.57. The molecule has 3 aromatic carbocycles. The lowest BCUT2D eigenvalue weighted by Gasteiger charge is -2.18. The van der Waals surface area contributed by atoms with E-state index in [1.165, 1.54) is 0 Å². The van der Waals surface area contributed by atoms with E-state index < -0.39 is 9.84 Å². The molecule has 0 aliphatic rings. The van der Waals surface area contributed by atoms with E-state index in [1.807, 2.05) is 42.5 Å². The Morgan fingerprint density at radius 1 is 0.867 bits per heavy atom. The van der Waals surface area contributed by atoms with Gasteiger partial charge in [-0.05, 0) is 23.8 Å². The van der Waals surface area contributed by atoms with Crippen LogP contribution in [0.15, 0.2) is 101 Å². The van der Waals surface area contributed by atoms with Crippen molar-refractivity contribution in [2.75, 3.05) is 7.05 Å². The number of likely N-dealkylation sites (N-methyl/N-ethyl adjacent to an activating group) is 1. The van der Waals surface area contributed by atoms with Gasteiger partial charge in [0.1, 0.15) is 6.54 Å². The summed E-state index contributed by atoms with van der Waals surface area (Å²) < 4.78 is 28.1. The second kappa shape index (κ2) is 8.16. The number of benzene rings is 3. The standard InChI is InChI=1S/C24H22N2O3S/c1-25(16-19-10-4-2-5-11-19)24(27)18-26-17-23(21-14-8-9-15-22(21)26)30(28,29)20-12-6-3-7-13-20/h2-15,17H,16,18H2,1H3. The van der Waals surface area contributed by atoms with Crippen LogP contribution in [0, 0.1) is 0 Å². The summed E-state index contributed by atoms with van der Waals surface area (Å²) in [5.74, 6) is -0.0942. The van der Waals surface area contributed by atoms with E-state index >= 15 is 0 Å². The highest BCUT2D eigenvalue weighted by molar-refractivity contribution is 7.91. The molecule has 0 radical (unpaired) electrons. The Morgan fingerprint density at radius 3 is 2.17 bits per heavy atom. The summed E-state index contributed by atoms with van der Waals surface area (Å²) in [4.78, 5) is 14.9. The molecule has 0 atom stereocenters. The van der Waals surface area contributed by atoms with E-state index in [0.717, 1.165) is 5.56 Å². The van der Waals surface area contributed by atoms with E-state index in [1.54, 1.807) is 65.2 Å². The topological polar surface area (TPSA) is 59.4 Å². The van der Waals surface area contributed by atoms with Gasteiger partial charge in [0, 0.05) is 30.7 Å². The van der Waals surface area contributed by atoms with Crippen LogP contribution in [0.4, 0.5) is 0 Å². The first-order valence-electron chi connectivity index (χ1n) is 9.63. The number of nitrogens with zero attached hydrogens (tertiary/aromatic N) is 2. The molecule has 0 aliphatic heterocycles. The number of carbonyl (C=O) groups excluding carboxylic acids is 1. The molecule has 0 fully saturated rings. The van der Waals surface area contributed by atoms with E-state index in [-0.39, 0.29) is 22.2 Å². The maximum absolute atomic E-state index is 13.2. The van der Waals surface area contributed by atoms with Crippen LogP contribution in [0.3, 0.4) is 0 Å². The number of sulfone groups is 1. The number of hydrogen-bond acceptors (Lipinski definition) is 3. The molecule has 0 spiro atoms. The van der Waals surface area contributed by atoms with Crippen molar-refractivity contribution in [1.29, 1.82) is 0 Å². The minimum absolute atomic E-state index is 0.0636. The number of fused-ring (bicyclic) bond motifs is 1. The Kier molecular flexibility index (Phi) is 5.42. The fourth-order valence-electron chi connectivity index (χ4n) is 3.50. The SMILES string of the molecule is CN(Cc1ccccc1)C(=O)Cn1cc(S(=O)(=O)c2ccccc2)c2ccccc21. The number of carbonyl (C=O) groups is 1. The molecular weight excluding hydrogens is 396 g/mol. The summed E-state index contributed by atoms with van der Waals surface area (Å²) >= 11 is 0. The molecule has 0 bridgehead atoms. The molecule has 0 saturated heterocycles. The van der Waals surface area contributed by atoms with Gasteiger partial charge in [-0.25, -0.2) is 8.42 Å². The van der Waals surface area contributed by atoms with Gasteiger partial charge < -0.3 is 9.47 Å². The summed E-state index contributed by atoms with van der Waals surface area (Å²) in [6, 6.07) is 25.4. The van der Waals surface area contributed by atoms with Gasteiger partial charge >= 0.3 is 0 Å². The van der Waals surface area contributed by atoms with Gasteiger partial charge in [-0.1, -0.05) is 66.7 Å². The van der Waals surface area contributed by atoms with Crippen molar-refractivity contribution in [3.63, 3.8) is 0 Å². The van der Waals surface area contributed by atoms with Gasteiger partial charge in [0.25, 0.3) is 0 Å². The summed E-state index contributed by atoms with van der Waals surface area (Å²) in [6.45, 7) is 0.558. The highest BCUT2D eigenvalue weighted by Crippen LogP contribution is 2.30. The Balaban J connectivity index is 1.67. The third-order valence-corrected chi connectivity index (χ3v) is 6.89. The van der Waals surface area contributed by atoms with Crippen molar-refractivity contribution < 1.29 is 13.2 Å². The molecule has 0 saturated carbocycles. The maximum atomic E-state index is 13.2. The molecule has 4 rings (SSSR count). The van der Waals surface area contributed by atoms with Crippen molar-refractivity contribution in [1.82, 2.24) is 9.47 Å². The van der Waals surface area contributed by atoms with Crippen molar-refractivity contribution in [2.45, 2.75) is 22.9 Å². The lowest BCUT2D eigenvalue weighted by atomic mass is 10.2. The van der Waals surface area contributed by atoms with Gasteiger partial charge in [0.05, 0.1) is 9.79 Å². The zero-order valence-corrected chi connectivity index (χ0v) is 17.4. The fourth-order valence-corrected chi connectivity index (χ4v) is 4.99. The van der Waals surface area contributed by atoms with Gasteiger partial charge in [-0.15, -0.1) is 0 Å². The maximum Gasteiger partial charge on any atom is 0.242 e.